The Kier molecular flexibility index (Phi) is 4.20. The fourth-order valence-corrected chi connectivity index (χ4v) is 2.34. The van der Waals surface area contributed by atoms with Crippen molar-refractivity contribution in [1.29, 1.82) is 0 Å². The normalized spacial score (nSPS) is 18.7. The molecule has 21 heavy (non-hydrogen) atoms. The fraction of sp³-hybridized carbons (Fsp3) is 0.643. The Morgan fingerprint density at radius 3 is 2.90 bits per heavy atom. The SMILES string of the molecule is Cc1c(N2CC[C@@H](NC(=O)OC(C)(C)C)C2)cn[nH]c1=O. The number of ether oxygens (including phenoxy) is 1. The van der Waals surface area contributed by atoms with Crippen LogP contribution in [-0.4, -0.2) is 41.0 Å². The molecule has 0 unspecified atom stereocenters. The number of amides is 1. The number of carbonyl (C=O) groups is 1. The number of anilines is 1. The second-order valence-corrected chi connectivity index (χ2v) is 6.29. The van der Waals surface area contributed by atoms with Gasteiger partial charge in [0, 0.05) is 18.7 Å². The Bertz CT molecular complexity index is 576. The third kappa shape index (κ3) is 3.96. The van der Waals surface area contributed by atoms with Crippen LogP contribution in [0.4, 0.5) is 10.5 Å². The quantitative estimate of drug-likeness (QED) is 0.855. The van der Waals surface area contributed by atoms with E-state index in [0.29, 0.717) is 12.1 Å². The van der Waals surface area contributed by atoms with Gasteiger partial charge in [0.05, 0.1) is 17.9 Å². The highest BCUT2D eigenvalue weighted by atomic mass is 16.6. The molecule has 116 valence electrons. The Balaban J connectivity index is 1.96. The smallest absolute Gasteiger partial charge is 0.407 e. The van der Waals surface area contributed by atoms with Crippen molar-refractivity contribution < 1.29 is 9.53 Å². The lowest BCUT2D eigenvalue weighted by Crippen LogP contribution is -2.40. The molecular formula is C14H22N4O3. The maximum atomic E-state index is 11.8. The third-order valence-corrected chi connectivity index (χ3v) is 3.33. The van der Waals surface area contributed by atoms with Gasteiger partial charge in [-0.05, 0) is 34.1 Å². The van der Waals surface area contributed by atoms with Gasteiger partial charge >= 0.3 is 6.09 Å². The first-order valence-electron chi connectivity index (χ1n) is 7.05. The van der Waals surface area contributed by atoms with E-state index in [0.717, 1.165) is 18.7 Å². The van der Waals surface area contributed by atoms with Crippen molar-refractivity contribution in [2.75, 3.05) is 18.0 Å². The lowest BCUT2D eigenvalue weighted by molar-refractivity contribution is 0.0509. The summed E-state index contributed by atoms with van der Waals surface area (Å²) in [4.78, 5) is 25.4. The van der Waals surface area contributed by atoms with Crippen molar-refractivity contribution in [3.05, 3.63) is 22.1 Å². The number of carbonyl (C=O) groups excluding carboxylic acids is 1. The van der Waals surface area contributed by atoms with Crippen molar-refractivity contribution in [1.82, 2.24) is 15.5 Å². The summed E-state index contributed by atoms with van der Waals surface area (Å²) in [5, 5.41) is 9.10. The Hall–Kier alpha value is -2.05. The van der Waals surface area contributed by atoms with Crippen molar-refractivity contribution in [3.63, 3.8) is 0 Å². The van der Waals surface area contributed by atoms with Gasteiger partial charge < -0.3 is 15.0 Å². The van der Waals surface area contributed by atoms with Gasteiger partial charge in [-0.3, -0.25) is 4.79 Å². The van der Waals surface area contributed by atoms with Crippen molar-refractivity contribution >= 4 is 11.8 Å². The predicted octanol–water partition coefficient (Wildman–Crippen LogP) is 1.18. The van der Waals surface area contributed by atoms with Crippen molar-refractivity contribution in [2.24, 2.45) is 0 Å². The van der Waals surface area contributed by atoms with Gasteiger partial charge in [0.2, 0.25) is 0 Å². The average Bonchev–Trinajstić information content (AvgIpc) is 2.78. The molecule has 1 aromatic rings. The maximum Gasteiger partial charge on any atom is 0.407 e. The highest BCUT2D eigenvalue weighted by molar-refractivity contribution is 5.68. The molecule has 2 heterocycles. The first kappa shape index (κ1) is 15.3. The van der Waals surface area contributed by atoms with Crippen LogP contribution in [0.2, 0.25) is 0 Å². The molecule has 1 aliphatic heterocycles. The summed E-state index contributed by atoms with van der Waals surface area (Å²) in [5.41, 5.74) is 0.765. The molecule has 1 atom stereocenters. The molecule has 1 aromatic heterocycles. The van der Waals surface area contributed by atoms with Gasteiger partial charge in [0.15, 0.2) is 0 Å². The zero-order chi connectivity index (χ0) is 15.6. The summed E-state index contributed by atoms with van der Waals surface area (Å²) in [7, 11) is 0. The first-order chi connectivity index (χ1) is 9.76. The fourth-order valence-electron chi connectivity index (χ4n) is 2.34. The predicted molar refractivity (Wildman–Crippen MR) is 79.6 cm³/mol. The molecule has 0 bridgehead atoms. The van der Waals surface area contributed by atoms with E-state index in [1.807, 2.05) is 20.8 Å². The number of H-pyrrole nitrogens is 1. The molecule has 1 saturated heterocycles. The number of alkyl carbamates (subject to hydrolysis) is 1. The van der Waals surface area contributed by atoms with Crippen molar-refractivity contribution in [2.45, 2.75) is 45.8 Å². The molecule has 0 aliphatic carbocycles. The van der Waals surface area contributed by atoms with E-state index in [-0.39, 0.29) is 11.6 Å². The minimum absolute atomic E-state index is 0.0125. The van der Waals surface area contributed by atoms with Crippen molar-refractivity contribution in [3.8, 4) is 0 Å². The van der Waals surface area contributed by atoms with Gasteiger partial charge in [0.25, 0.3) is 5.56 Å². The van der Waals surface area contributed by atoms with E-state index in [1.54, 1.807) is 13.1 Å². The topological polar surface area (TPSA) is 87.3 Å². The lowest BCUT2D eigenvalue weighted by atomic mass is 10.2. The largest absolute Gasteiger partial charge is 0.444 e. The van der Waals surface area contributed by atoms with Crippen LogP contribution >= 0.6 is 0 Å². The highest BCUT2D eigenvalue weighted by Gasteiger charge is 2.27. The summed E-state index contributed by atoms with van der Waals surface area (Å²) < 4.78 is 5.25. The Labute approximate surface area is 123 Å². The molecule has 7 nitrogen and oxygen atoms in total. The number of aromatic nitrogens is 2. The molecule has 2 N–H and O–H groups in total. The number of aromatic amines is 1. The number of hydrogen-bond acceptors (Lipinski definition) is 5. The monoisotopic (exact) mass is 294 g/mol. The molecule has 1 amide bonds. The minimum Gasteiger partial charge on any atom is -0.444 e. The zero-order valence-corrected chi connectivity index (χ0v) is 12.9. The number of rotatable bonds is 2. The third-order valence-electron chi connectivity index (χ3n) is 3.33. The molecule has 0 saturated carbocycles. The second kappa shape index (κ2) is 5.75. The van der Waals surface area contributed by atoms with Crippen LogP contribution in [0.15, 0.2) is 11.0 Å². The summed E-state index contributed by atoms with van der Waals surface area (Å²) >= 11 is 0. The number of hydrogen-bond donors (Lipinski definition) is 2. The molecule has 1 fully saturated rings. The summed E-state index contributed by atoms with van der Waals surface area (Å²) in [6, 6.07) is 0.0125. The summed E-state index contributed by atoms with van der Waals surface area (Å²) in [6.45, 7) is 8.68. The van der Waals surface area contributed by atoms with Gasteiger partial charge in [-0.25, -0.2) is 9.89 Å². The summed E-state index contributed by atoms with van der Waals surface area (Å²) in [5.74, 6) is 0. The van der Waals surface area contributed by atoms with Gasteiger partial charge in [-0.2, -0.15) is 5.10 Å². The van der Waals surface area contributed by atoms with Gasteiger partial charge in [0.1, 0.15) is 5.60 Å². The van der Waals surface area contributed by atoms with Gasteiger partial charge in [-0.15, -0.1) is 0 Å². The molecule has 0 aromatic carbocycles. The molecule has 0 spiro atoms. The van der Waals surface area contributed by atoms with Crippen LogP contribution < -0.4 is 15.8 Å². The van der Waals surface area contributed by atoms with E-state index in [1.165, 1.54) is 0 Å². The molecule has 0 radical (unpaired) electrons. The van der Waals surface area contributed by atoms with E-state index in [9.17, 15) is 9.59 Å². The second-order valence-electron chi connectivity index (χ2n) is 6.29. The Morgan fingerprint density at radius 1 is 1.52 bits per heavy atom. The van der Waals surface area contributed by atoms with Crippen LogP contribution in [0.25, 0.3) is 0 Å². The maximum absolute atomic E-state index is 11.8. The standard InChI is InChI=1S/C14H22N4O3/c1-9-11(7-15-17-12(9)19)18-6-5-10(8-18)16-13(20)21-14(2,3)4/h7,10H,5-6,8H2,1-4H3,(H,16,20)(H,17,19)/t10-/m1/s1. The van der Waals surface area contributed by atoms with E-state index in [4.69, 9.17) is 4.74 Å². The van der Waals surface area contributed by atoms with E-state index < -0.39 is 11.7 Å². The van der Waals surface area contributed by atoms with E-state index in [2.05, 4.69) is 20.4 Å². The van der Waals surface area contributed by atoms with Crippen LogP contribution in [-0.2, 0) is 4.74 Å². The minimum atomic E-state index is -0.504. The molecule has 2 rings (SSSR count). The van der Waals surface area contributed by atoms with E-state index >= 15 is 0 Å². The highest BCUT2D eigenvalue weighted by Crippen LogP contribution is 2.21. The van der Waals surface area contributed by atoms with Crippen LogP contribution in [0, 0.1) is 6.92 Å². The van der Waals surface area contributed by atoms with Gasteiger partial charge in [-0.1, -0.05) is 0 Å². The number of nitrogens with one attached hydrogen (secondary N) is 2. The molecular weight excluding hydrogens is 272 g/mol. The average molecular weight is 294 g/mol. The molecule has 7 heteroatoms. The number of nitrogens with zero attached hydrogens (tertiary/aromatic N) is 2. The zero-order valence-electron chi connectivity index (χ0n) is 12.9. The first-order valence-corrected chi connectivity index (χ1v) is 7.05. The molecule has 1 aliphatic rings. The van der Waals surface area contributed by atoms with Crippen LogP contribution in [0.3, 0.4) is 0 Å². The van der Waals surface area contributed by atoms with Crippen LogP contribution in [0.5, 0.6) is 0 Å². The van der Waals surface area contributed by atoms with Crippen LogP contribution in [0.1, 0.15) is 32.8 Å². The Morgan fingerprint density at radius 2 is 2.24 bits per heavy atom. The summed E-state index contributed by atoms with van der Waals surface area (Å²) in [6.07, 6.45) is 2.05. The lowest BCUT2D eigenvalue weighted by Gasteiger charge is -2.22.